The molecule has 1 aromatic carbocycles. The van der Waals surface area contributed by atoms with Gasteiger partial charge in [-0.3, -0.25) is 0 Å². The number of rotatable bonds is 8. The second kappa shape index (κ2) is 8.86. The van der Waals surface area contributed by atoms with E-state index in [0.29, 0.717) is 6.04 Å². The van der Waals surface area contributed by atoms with Crippen LogP contribution in [0.5, 0.6) is 0 Å². The number of nitrogens with one attached hydrogen (secondary N) is 2. The number of nitrogens with zero attached hydrogens (tertiary/aromatic N) is 3. The Balaban J connectivity index is 1.68. The van der Waals surface area contributed by atoms with Crippen molar-refractivity contribution in [2.75, 3.05) is 17.2 Å². The predicted molar refractivity (Wildman–Crippen MR) is 119 cm³/mol. The number of hydrogen-bond acceptors (Lipinski definition) is 6. The largest absolute Gasteiger partial charge is 0.367 e. The normalized spacial score (nSPS) is 14.6. The number of benzene rings is 1. The maximum absolute atomic E-state index is 4.87. The number of unbranched alkanes of at least 4 members (excludes halogenated alkanes) is 2. The first-order valence-electron chi connectivity index (χ1n) is 10.5. The first-order chi connectivity index (χ1) is 13.7. The Kier molecular flexibility index (Phi) is 6.05. The minimum absolute atomic E-state index is 0.496. The van der Waals surface area contributed by atoms with Crippen molar-refractivity contribution >= 4 is 33.3 Å². The van der Waals surface area contributed by atoms with E-state index >= 15 is 0 Å². The third-order valence-electron chi connectivity index (χ3n) is 5.36. The summed E-state index contributed by atoms with van der Waals surface area (Å²) in [5, 5.41) is 8.12. The van der Waals surface area contributed by atoms with Gasteiger partial charge in [-0.2, -0.15) is 4.98 Å². The fraction of sp³-hybridized carbons (Fsp3) is 0.500. The highest BCUT2D eigenvalue weighted by Gasteiger charge is 2.21. The van der Waals surface area contributed by atoms with Gasteiger partial charge in [-0.1, -0.05) is 44.7 Å². The quantitative estimate of drug-likeness (QED) is 0.457. The molecule has 3 aromatic rings. The van der Waals surface area contributed by atoms with Crippen molar-refractivity contribution in [1.29, 1.82) is 0 Å². The number of aryl methyl sites for hydroxylation is 1. The summed E-state index contributed by atoms with van der Waals surface area (Å²) in [6.45, 7) is 5.20. The van der Waals surface area contributed by atoms with Crippen molar-refractivity contribution in [2.45, 2.75) is 64.8 Å². The van der Waals surface area contributed by atoms with Crippen LogP contribution in [0.4, 0.5) is 11.8 Å². The highest BCUT2D eigenvalue weighted by atomic mass is 32.1. The van der Waals surface area contributed by atoms with Gasteiger partial charge in [-0.25, -0.2) is 9.97 Å². The van der Waals surface area contributed by atoms with E-state index in [9.17, 15) is 0 Å². The van der Waals surface area contributed by atoms with Crippen LogP contribution in [0.3, 0.4) is 0 Å². The van der Waals surface area contributed by atoms with Crippen LogP contribution in [-0.2, 0) is 0 Å². The topological polar surface area (TPSA) is 62.7 Å². The van der Waals surface area contributed by atoms with Gasteiger partial charge < -0.3 is 10.6 Å². The molecule has 1 fully saturated rings. The molecule has 0 aliphatic heterocycles. The van der Waals surface area contributed by atoms with Gasteiger partial charge in [0.2, 0.25) is 5.95 Å². The third kappa shape index (κ3) is 4.27. The summed E-state index contributed by atoms with van der Waals surface area (Å²) in [5.41, 5.74) is 3.07. The number of anilines is 2. The van der Waals surface area contributed by atoms with Crippen LogP contribution in [0.15, 0.2) is 24.3 Å². The SMILES string of the molecule is CCCCCNc1nc(C)c(-c2nc3ccccc3s2)c(NC2CCCC2)n1. The number of hydrogen-bond donors (Lipinski definition) is 2. The Morgan fingerprint density at radius 3 is 2.68 bits per heavy atom. The smallest absolute Gasteiger partial charge is 0.224 e. The molecule has 1 saturated carbocycles. The molecule has 0 atom stereocenters. The lowest BCUT2D eigenvalue weighted by molar-refractivity contribution is 0.737. The number of para-hydroxylation sites is 1. The molecule has 1 aliphatic carbocycles. The zero-order valence-corrected chi connectivity index (χ0v) is 17.6. The molecule has 28 heavy (non-hydrogen) atoms. The lowest BCUT2D eigenvalue weighted by Crippen LogP contribution is -2.18. The minimum Gasteiger partial charge on any atom is -0.367 e. The van der Waals surface area contributed by atoms with Crippen LogP contribution in [0.25, 0.3) is 20.8 Å². The van der Waals surface area contributed by atoms with Gasteiger partial charge in [-0.05, 0) is 38.3 Å². The van der Waals surface area contributed by atoms with Crippen molar-refractivity contribution in [3.63, 3.8) is 0 Å². The molecule has 6 heteroatoms. The average Bonchev–Trinajstić information content (AvgIpc) is 3.34. The summed E-state index contributed by atoms with van der Waals surface area (Å²) in [4.78, 5) is 14.5. The van der Waals surface area contributed by atoms with E-state index in [2.05, 4.69) is 42.7 Å². The Hall–Kier alpha value is -2.21. The zero-order valence-electron chi connectivity index (χ0n) is 16.8. The molecular formula is C22H29N5S. The average molecular weight is 396 g/mol. The van der Waals surface area contributed by atoms with Gasteiger partial charge in [0, 0.05) is 12.6 Å². The highest BCUT2D eigenvalue weighted by Crippen LogP contribution is 2.37. The molecule has 0 bridgehead atoms. The Bertz CT molecular complexity index is 897. The molecule has 2 N–H and O–H groups in total. The molecule has 148 valence electrons. The Labute approximate surface area is 171 Å². The highest BCUT2D eigenvalue weighted by molar-refractivity contribution is 7.21. The minimum atomic E-state index is 0.496. The van der Waals surface area contributed by atoms with Crippen molar-refractivity contribution < 1.29 is 0 Å². The van der Waals surface area contributed by atoms with E-state index in [1.165, 1.54) is 43.2 Å². The molecule has 2 heterocycles. The zero-order chi connectivity index (χ0) is 19.3. The van der Waals surface area contributed by atoms with Crippen LogP contribution in [-0.4, -0.2) is 27.5 Å². The van der Waals surface area contributed by atoms with Gasteiger partial charge >= 0.3 is 0 Å². The number of thiazole rings is 1. The molecule has 0 amide bonds. The molecule has 0 radical (unpaired) electrons. The monoisotopic (exact) mass is 395 g/mol. The van der Waals surface area contributed by atoms with Crippen LogP contribution in [0, 0.1) is 6.92 Å². The molecule has 0 saturated heterocycles. The molecule has 5 nitrogen and oxygen atoms in total. The van der Waals surface area contributed by atoms with Crippen LogP contribution >= 0.6 is 11.3 Å². The fourth-order valence-electron chi connectivity index (χ4n) is 3.83. The summed E-state index contributed by atoms with van der Waals surface area (Å²) in [6, 6.07) is 8.79. The van der Waals surface area contributed by atoms with E-state index in [0.717, 1.165) is 46.5 Å². The van der Waals surface area contributed by atoms with Crippen LogP contribution in [0.2, 0.25) is 0 Å². The van der Waals surface area contributed by atoms with Gasteiger partial charge in [-0.15, -0.1) is 11.3 Å². The fourth-order valence-corrected chi connectivity index (χ4v) is 4.89. The molecule has 0 spiro atoms. The maximum Gasteiger partial charge on any atom is 0.224 e. The van der Waals surface area contributed by atoms with Gasteiger partial charge in [0.05, 0.1) is 21.5 Å². The van der Waals surface area contributed by atoms with Gasteiger partial charge in [0.25, 0.3) is 0 Å². The summed E-state index contributed by atoms with van der Waals surface area (Å²) in [7, 11) is 0. The second-order valence-corrected chi connectivity index (χ2v) is 8.63. The first kappa shape index (κ1) is 19.1. The molecule has 4 rings (SSSR count). The second-order valence-electron chi connectivity index (χ2n) is 7.60. The van der Waals surface area contributed by atoms with Crippen molar-refractivity contribution in [1.82, 2.24) is 15.0 Å². The third-order valence-corrected chi connectivity index (χ3v) is 6.41. The van der Waals surface area contributed by atoms with E-state index < -0.39 is 0 Å². The molecule has 1 aliphatic rings. The van der Waals surface area contributed by atoms with Gasteiger partial charge in [0.15, 0.2) is 0 Å². The lowest BCUT2D eigenvalue weighted by atomic mass is 10.2. The molecular weight excluding hydrogens is 366 g/mol. The Morgan fingerprint density at radius 1 is 1.07 bits per heavy atom. The van der Waals surface area contributed by atoms with E-state index in [-0.39, 0.29) is 0 Å². The molecule has 0 unspecified atom stereocenters. The van der Waals surface area contributed by atoms with Crippen LogP contribution < -0.4 is 10.6 Å². The predicted octanol–water partition coefficient (Wildman–Crippen LogP) is 6.02. The summed E-state index contributed by atoms with van der Waals surface area (Å²) >= 11 is 1.72. The lowest BCUT2D eigenvalue weighted by Gasteiger charge is -2.18. The maximum atomic E-state index is 4.87. The van der Waals surface area contributed by atoms with Crippen molar-refractivity contribution in [3.05, 3.63) is 30.0 Å². The van der Waals surface area contributed by atoms with Gasteiger partial charge in [0.1, 0.15) is 10.8 Å². The first-order valence-corrected chi connectivity index (χ1v) is 11.3. The summed E-state index contributed by atoms with van der Waals surface area (Å²) < 4.78 is 1.20. The summed E-state index contributed by atoms with van der Waals surface area (Å²) in [5.74, 6) is 1.65. The standard InChI is InChI=1S/C22H29N5S/c1-3-4-9-14-23-22-24-15(2)19(20(27-22)25-16-10-5-6-11-16)21-26-17-12-7-8-13-18(17)28-21/h7-8,12-13,16H,3-6,9-11,14H2,1-2H3,(H2,23,24,25,27). The van der Waals surface area contributed by atoms with E-state index in [4.69, 9.17) is 15.0 Å². The number of fused-ring (bicyclic) bond motifs is 1. The van der Waals surface area contributed by atoms with Crippen LogP contribution in [0.1, 0.15) is 57.6 Å². The van der Waals surface area contributed by atoms with Crippen molar-refractivity contribution in [3.8, 4) is 10.6 Å². The van der Waals surface area contributed by atoms with E-state index in [1.807, 2.05) is 6.07 Å². The summed E-state index contributed by atoms with van der Waals surface area (Å²) in [6.07, 6.45) is 8.59. The molecule has 2 aromatic heterocycles. The Morgan fingerprint density at radius 2 is 1.89 bits per heavy atom. The number of aromatic nitrogens is 3. The van der Waals surface area contributed by atoms with Crippen molar-refractivity contribution in [2.24, 2.45) is 0 Å². The van der Waals surface area contributed by atoms with E-state index in [1.54, 1.807) is 11.3 Å².